The third-order valence-corrected chi connectivity index (χ3v) is 2.29. The van der Waals surface area contributed by atoms with Crippen molar-refractivity contribution in [2.45, 2.75) is 0 Å². The highest BCUT2D eigenvalue weighted by atomic mass is 16.1. The normalized spacial score (nSPS) is 9.88. The van der Waals surface area contributed by atoms with E-state index in [0.717, 1.165) is 11.1 Å². The van der Waals surface area contributed by atoms with Gasteiger partial charge in [0.25, 0.3) is 0 Å². The predicted molar refractivity (Wildman–Crippen MR) is 76.2 cm³/mol. The molecule has 0 spiro atoms. The van der Waals surface area contributed by atoms with Gasteiger partial charge in [0.1, 0.15) is 0 Å². The van der Waals surface area contributed by atoms with Gasteiger partial charge in [0, 0.05) is 5.56 Å². The molecular weight excluding hydrogens is 207 g/mol. The molecule has 0 N–H and O–H groups in total. The maximum atomic E-state index is 11.7. The summed E-state index contributed by atoms with van der Waals surface area (Å²) < 4.78 is 0. The molecule has 0 bridgehead atoms. The van der Waals surface area contributed by atoms with E-state index in [-0.39, 0.29) is 14.2 Å². The molecule has 0 aliphatic carbocycles. The Morgan fingerprint density at radius 2 is 1.35 bits per heavy atom. The van der Waals surface area contributed by atoms with Crippen molar-refractivity contribution >= 4 is 20.3 Å². The molecule has 0 aliphatic rings. The van der Waals surface area contributed by atoms with E-state index in [2.05, 4.69) is 0 Å². The molecule has 0 saturated carbocycles. The molecule has 0 atom stereocenters. The Kier molecular flexibility index (Phi) is 4.95. The van der Waals surface area contributed by atoms with Crippen LogP contribution in [0.3, 0.4) is 0 Å². The molecule has 0 radical (unpaired) electrons. The molecule has 17 heavy (non-hydrogen) atoms. The molecule has 0 unspecified atom stereocenters. The summed E-state index contributed by atoms with van der Waals surface area (Å²) in [5.74, 6) is 0.0319. The van der Waals surface area contributed by atoms with Gasteiger partial charge in [0.2, 0.25) is 0 Å². The van der Waals surface area contributed by atoms with Crippen LogP contribution < -0.4 is 0 Å². The molecule has 2 aromatic carbocycles. The quantitative estimate of drug-likeness (QED) is 0.442. The van der Waals surface area contributed by atoms with E-state index in [9.17, 15) is 4.79 Å². The van der Waals surface area contributed by atoms with Crippen LogP contribution in [0.5, 0.6) is 0 Å². The maximum Gasteiger partial charge on any atom is 0.185 e. The summed E-state index contributed by atoms with van der Waals surface area (Å²) in [6.07, 6.45) is 3.43. The van der Waals surface area contributed by atoms with Crippen molar-refractivity contribution in [3.05, 3.63) is 77.9 Å². The smallest absolute Gasteiger partial charge is 0.185 e. The van der Waals surface area contributed by atoms with Crippen LogP contribution in [-0.2, 0) is 0 Å². The van der Waals surface area contributed by atoms with E-state index in [1.54, 1.807) is 6.08 Å². The predicted octanol–water partition coefficient (Wildman–Crippen LogP) is 2.40. The first kappa shape index (κ1) is 13.0. The lowest BCUT2D eigenvalue weighted by atomic mass is 10.1. The number of hydrogen-bond acceptors (Lipinski definition) is 1. The second-order valence-corrected chi connectivity index (χ2v) is 3.47. The maximum absolute atomic E-state index is 11.7. The Morgan fingerprint density at radius 1 is 0.824 bits per heavy atom. The Labute approximate surface area is 103 Å². The molecular formula is C15H15BO. The second-order valence-electron chi connectivity index (χ2n) is 3.47. The highest BCUT2D eigenvalue weighted by molar-refractivity contribution is 6.06. The second kappa shape index (κ2) is 6.49. The van der Waals surface area contributed by atoms with Gasteiger partial charge in [-0.2, -0.15) is 0 Å². The number of allylic oxidation sites excluding steroid dienone is 1. The Hall–Kier alpha value is -2.09. The monoisotopic (exact) mass is 222 g/mol. The summed E-state index contributed by atoms with van der Waals surface area (Å²) >= 11 is 0. The number of ketones is 1. The van der Waals surface area contributed by atoms with Gasteiger partial charge in [0.05, 0.1) is 8.41 Å². The molecule has 0 saturated heterocycles. The minimum absolute atomic E-state index is 0. The van der Waals surface area contributed by atoms with Crippen molar-refractivity contribution in [1.29, 1.82) is 0 Å². The van der Waals surface area contributed by atoms with Crippen molar-refractivity contribution in [3.8, 4) is 0 Å². The first-order valence-corrected chi connectivity index (χ1v) is 5.19. The average molecular weight is 222 g/mol. The SMILES string of the molecule is B.O=C(C=Cc1ccccc1)c1ccccc1. The van der Waals surface area contributed by atoms with E-state index in [0.29, 0.717) is 0 Å². The minimum atomic E-state index is 0. The van der Waals surface area contributed by atoms with Crippen LogP contribution in [0.4, 0.5) is 0 Å². The van der Waals surface area contributed by atoms with Crippen LogP contribution in [0, 0.1) is 0 Å². The lowest BCUT2D eigenvalue weighted by molar-refractivity contribution is 0.104. The van der Waals surface area contributed by atoms with Crippen LogP contribution in [0.2, 0.25) is 0 Å². The average Bonchev–Trinajstić information content (AvgIpc) is 2.38. The van der Waals surface area contributed by atoms with Gasteiger partial charge in [-0.25, -0.2) is 0 Å². The fourth-order valence-electron chi connectivity index (χ4n) is 1.43. The molecule has 0 heterocycles. The fraction of sp³-hybridized carbons (Fsp3) is 0. The summed E-state index contributed by atoms with van der Waals surface area (Å²) in [6, 6.07) is 19.1. The molecule has 84 valence electrons. The van der Waals surface area contributed by atoms with Gasteiger partial charge in [-0.05, 0) is 11.6 Å². The lowest BCUT2D eigenvalue weighted by Crippen LogP contribution is -1.92. The van der Waals surface area contributed by atoms with Crippen LogP contribution in [0.25, 0.3) is 6.08 Å². The summed E-state index contributed by atoms with van der Waals surface area (Å²) in [7, 11) is 0. The molecule has 2 heteroatoms. The molecule has 0 amide bonds. The minimum Gasteiger partial charge on any atom is -0.289 e. The summed E-state index contributed by atoms with van der Waals surface area (Å²) in [6.45, 7) is 0. The summed E-state index contributed by atoms with van der Waals surface area (Å²) in [5, 5.41) is 0. The summed E-state index contributed by atoms with van der Waals surface area (Å²) in [4.78, 5) is 11.7. The fourth-order valence-corrected chi connectivity index (χ4v) is 1.43. The zero-order valence-electron chi connectivity index (χ0n) is 8.84. The molecule has 0 fully saturated rings. The van der Waals surface area contributed by atoms with Crippen molar-refractivity contribution in [2.75, 3.05) is 0 Å². The third kappa shape index (κ3) is 3.76. The van der Waals surface area contributed by atoms with Gasteiger partial charge in [0.15, 0.2) is 5.78 Å². The van der Waals surface area contributed by atoms with E-state index in [4.69, 9.17) is 0 Å². The first-order chi connectivity index (χ1) is 7.86. The number of hydrogen-bond donors (Lipinski definition) is 0. The lowest BCUT2D eigenvalue weighted by Gasteiger charge is -1.94. The van der Waals surface area contributed by atoms with Gasteiger partial charge >= 0.3 is 0 Å². The van der Waals surface area contributed by atoms with Gasteiger partial charge < -0.3 is 0 Å². The molecule has 2 rings (SSSR count). The van der Waals surface area contributed by atoms with E-state index >= 15 is 0 Å². The Bertz CT molecular complexity index is 489. The number of benzene rings is 2. The molecule has 0 aromatic heterocycles. The standard InChI is InChI=1S/C15H12O.BH3/c16-15(14-9-5-2-6-10-14)12-11-13-7-3-1-4-8-13;/h1-12H;1H3. The molecule has 0 aliphatic heterocycles. The van der Waals surface area contributed by atoms with Crippen molar-refractivity contribution in [2.24, 2.45) is 0 Å². The highest BCUT2D eigenvalue weighted by Gasteiger charge is 1.98. The first-order valence-electron chi connectivity index (χ1n) is 5.19. The van der Waals surface area contributed by atoms with E-state index < -0.39 is 0 Å². The zero-order chi connectivity index (χ0) is 11.2. The van der Waals surface area contributed by atoms with Gasteiger partial charge in [-0.1, -0.05) is 66.7 Å². The Balaban J connectivity index is 0.00000144. The van der Waals surface area contributed by atoms with E-state index in [1.165, 1.54) is 0 Å². The van der Waals surface area contributed by atoms with E-state index in [1.807, 2.05) is 66.7 Å². The summed E-state index contributed by atoms with van der Waals surface area (Å²) in [5.41, 5.74) is 1.75. The van der Waals surface area contributed by atoms with Crippen molar-refractivity contribution in [3.63, 3.8) is 0 Å². The third-order valence-electron chi connectivity index (χ3n) is 2.29. The molecule has 1 nitrogen and oxygen atoms in total. The topological polar surface area (TPSA) is 17.1 Å². The number of rotatable bonds is 3. The van der Waals surface area contributed by atoms with Gasteiger partial charge in [-0.3, -0.25) is 4.79 Å². The van der Waals surface area contributed by atoms with Crippen LogP contribution in [-0.4, -0.2) is 14.2 Å². The zero-order valence-corrected chi connectivity index (χ0v) is 8.84. The molecule has 2 aromatic rings. The van der Waals surface area contributed by atoms with Crippen molar-refractivity contribution < 1.29 is 4.79 Å². The van der Waals surface area contributed by atoms with Gasteiger partial charge in [-0.15, -0.1) is 0 Å². The highest BCUT2D eigenvalue weighted by Crippen LogP contribution is 2.05. The van der Waals surface area contributed by atoms with Crippen molar-refractivity contribution in [1.82, 2.24) is 0 Å². The van der Waals surface area contributed by atoms with Crippen LogP contribution in [0.15, 0.2) is 66.7 Å². The largest absolute Gasteiger partial charge is 0.289 e. The number of carbonyl (C=O) groups excluding carboxylic acids is 1. The van der Waals surface area contributed by atoms with Crippen LogP contribution >= 0.6 is 0 Å². The Morgan fingerprint density at radius 3 is 1.94 bits per heavy atom. The number of carbonyl (C=O) groups is 1. The van der Waals surface area contributed by atoms with Crippen LogP contribution in [0.1, 0.15) is 15.9 Å².